The summed E-state index contributed by atoms with van der Waals surface area (Å²) in [7, 11) is 0. The van der Waals surface area contributed by atoms with Crippen molar-refractivity contribution in [3.63, 3.8) is 0 Å². The number of carboxylic acids is 1. The Morgan fingerprint density at radius 1 is 1.27 bits per heavy atom. The Kier molecular flexibility index (Phi) is 4.76. The fourth-order valence-electron chi connectivity index (χ4n) is 4.06. The molecule has 7 heteroatoms. The van der Waals surface area contributed by atoms with Gasteiger partial charge in [-0.15, -0.1) is 0 Å². The second-order valence-corrected chi connectivity index (χ2v) is 8.55. The van der Waals surface area contributed by atoms with Gasteiger partial charge in [-0.1, -0.05) is 39.0 Å². The van der Waals surface area contributed by atoms with Gasteiger partial charge >= 0.3 is 5.97 Å². The molecule has 0 unspecified atom stereocenters. The Labute approximate surface area is 174 Å². The van der Waals surface area contributed by atoms with Crippen molar-refractivity contribution in [2.24, 2.45) is 5.41 Å². The highest BCUT2D eigenvalue weighted by Crippen LogP contribution is 2.44. The molecule has 156 valence electrons. The Bertz CT molecular complexity index is 1180. The van der Waals surface area contributed by atoms with E-state index in [1.165, 1.54) is 12.3 Å². The molecule has 30 heavy (non-hydrogen) atoms. The molecule has 0 amide bonds. The minimum Gasteiger partial charge on any atom is -0.493 e. The number of aromatic nitrogens is 3. The lowest BCUT2D eigenvalue weighted by molar-refractivity contribution is 0.0693. The van der Waals surface area contributed by atoms with Crippen molar-refractivity contribution in [1.29, 1.82) is 0 Å². The van der Waals surface area contributed by atoms with Gasteiger partial charge in [-0.05, 0) is 18.4 Å². The zero-order chi connectivity index (χ0) is 21.6. The van der Waals surface area contributed by atoms with Crippen molar-refractivity contribution >= 4 is 5.97 Å². The number of para-hydroxylation sites is 1. The van der Waals surface area contributed by atoms with Crippen LogP contribution in [0, 0.1) is 5.41 Å². The van der Waals surface area contributed by atoms with Gasteiger partial charge in [0.1, 0.15) is 11.3 Å². The summed E-state index contributed by atoms with van der Waals surface area (Å²) in [4.78, 5) is 24.2. The number of hydrogen-bond donors (Lipinski definition) is 1. The van der Waals surface area contributed by atoms with Crippen LogP contribution in [0.15, 0.2) is 47.5 Å². The highest BCUT2D eigenvalue weighted by molar-refractivity contribution is 5.88. The van der Waals surface area contributed by atoms with Crippen molar-refractivity contribution in [2.75, 3.05) is 6.61 Å². The molecule has 1 aliphatic rings. The van der Waals surface area contributed by atoms with Gasteiger partial charge in [0.05, 0.1) is 36.8 Å². The average Bonchev–Trinajstić information content (AvgIpc) is 3.11. The molecule has 0 saturated carbocycles. The summed E-state index contributed by atoms with van der Waals surface area (Å²) in [6.07, 6.45) is 3.27. The molecule has 0 fully saturated rings. The van der Waals surface area contributed by atoms with Crippen LogP contribution in [0.3, 0.4) is 0 Å². The zero-order valence-electron chi connectivity index (χ0n) is 17.5. The maximum absolute atomic E-state index is 12.6. The van der Waals surface area contributed by atoms with Gasteiger partial charge in [-0.3, -0.25) is 9.48 Å². The Morgan fingerprint density at radius 3 is 2.67 bits per heavy atom. The lowest BCUT2D eigenvalue weighted by atomic mass is 9.84. The molecule has 1 aromatic carbocycles. The molecule has 0 aliphatic carbocycles. The van der Waals surface area contributed by atoms with E-state index in [1.807, 2.05) is 40.4 Å². The van der Waals surface area contributed by atoms with E-state index in [4.69, 9.17) is 4.74 Å². The normalized spacial score (nSPS) is 15.4. The molecular weight excluding hydrogens is 382 g/mol. The van der Waals surface area contributed by atoms with Crippen LogP contribution >= 0.6 is 0 Å². The van der Waals surface area contributed by atoms with Crippen LogP contribution in [-0.2, 0) is 6.54 Å². The standard InChI is InChI=1S/C23H25N3O4/c1-5-30-19-9-7-6-8-14(19)15-11-24-26-13-20(23(2,3)4)25-12-16(22(28)29)18(27)10-17(25)21(15)26/h6-12,20H,5,13H2,1-4H3,(H,28,29)/t20-/m0/s1. The van der Waals surface area contributed by atoms with Crippen molar-refractivity contribution < 1.29 is 14.6 Å². The first kappa shape index (κ1) is 19.9. The van der Waals surface area contributed by atoms with Crippen LogP contribution in [0.5, 0.6) is 5.75 Å². The minimum absolute atomic E-state index is 0.0615. The minimum atomic E-state index is -1.22. The number of hydrogen-bond acceptors (Lipinski definition) is 4. The molecule has 4 rings (SSSR count). The summed E-state index contributed by atoms with van der Waals surface area (Å²) in [5.41, 5.74) is 2.27. The number of carboxylic acid groups (broad SMARTS) is 1. The fraction of sp³-hybridized carbons (Fsp3) is 0.348. The van der Waals surface area contributed by atoms with E-state index in [-0.39, 0.29) is 17.0 Å². The van der Waals surface area contributed by atoms with Crippen LogP contribution in [0.25, 0.3) is 22.5 Å². The Morgan fingerprint density at radius 2 is 2.00 bits per heavy atom. The summed E-state index contributed by atoms with van der Waals surface area (Å²) in [5.74, 6) is -0.478. The molecule has 0 saturated heterocycles. The number of ether oxygens (including phenoxy) is 1. The first-order chi connectivity index (χ1) is 14.2. The number of carbonyl (C=O) groups is 1. The quantitative estimate of drug-likeness (QED) is 0.704. The summed E-state index contributed by atoms with van der Waals surface area (Å²) in [5, 5.41) is 14.1. The largest absolute Gasteiger partial charge is 0.493 e. The molecular formula is C23H25N3O4. The summed E-state index contributed by atoms with van der Waals surface area (Å²) in [6, 6.07) is 9.08. The Balaban J connectivity index is 2.00. The third-order valence-electron chi connectivity index (χ3n) is 5.55. The zero-order valence-corrected chi connectivity index (χ0v) is 17.5. The second-order valence-electron chi connectivity index (χ2n) is 8.55. The predicted molar refractivity (Wildman–Crippen MR) is 114 cm³/mol. The van der Waals surface area contributed by atoms with Crippen molar-refractivity contribution in [2.45, 2.75) is 40.3 Å². The van der Waals surface area contributed by atoms with E-state index >= 15 is 0 Å². The summed E-state index contributed by atoms with van der Waals surface area (Å²) < 4.78 is 9.64. The maximum Gasteiger partial charge on any atom is 0.341 e. The Hall–Kier alpha value is -3.35. The van der Waals surface area contributed by atoms with Gasteiger partial charge in [0.15, 0.2) is 5.43 Å². The van der Waals surface area contributed by atoms with E-state index in [2.05, 4.69) is 25.9 Å². The van der Waals surface area contributed by atoms with E-state index in [9.17, 15) is 14.7 Å². The predicted octanol–water partition coefficient (Wildman–Crippen LogP) is 4.08. The molecule has 0 spiro atoms. The molecule has 7 nitrogen and oxygen atoms in total. The fourth-order valence-corrected chi connectivity index (χ4v) is 4.06. The van der Waals surface area contributed by atoms with Crippen molar-refractivity contribution in [3.8, 4) is 28.3 Å². The van der Waals surface area contributed by atoms with Gasteiger partial charge in [0, 0.05) is 23.4 Å². The van der Waals surface area contributed by atoms with Crippen molar-refractivity contribution in [3.05, 3.63) is 58.5 Å². The SMILES string of the molecule is CCOc1ccccc1-c1cnn2c1-c1cc(=O)c(C(=O)O)cn1[C@H](C(C)(C)C)C2. The lowest BCUT2D eigenvalue weighted by Gasteiger charge is -2.38. The van der Waals surface area contributed by atoms with E-state index in [0.717, 1.165) is 22.6 Å². The summed E-state index contributed by atoms with van der Waals surface area (Å²) >= 11 is 0. The molecule has 0 bridgehead atoms. The monoisotopic (exact) mass is 407 g/mol. The van der Waals surface area contributed by atoms with Crippen LogP contribution in [-0.4, -0.2) is 32.0 Å². The molecule has 3 heterocycles. The number of nitrogens with zero attached hydrogens (tertiary/aromatic N) is 3. The smallest absolute Gasteiger partial charge is 0.341 e. The number of rotatable bonds is 4. The first-order valence-electron chi connectivity index (χ1n) is 10.00. The third-order valence-corrected chi connectivity index (χ3v) is 5.55. The number of pyridine rings is 1. The van der Waals surface area contributed by atoms with Crippen LogP contribution < -0.4 is 10.2 Å². The molecule has 2 aromatic heterocycles. The highest BCUT2D eigenvalue weighted by atomic mass is 16.5. The van der Waals surface area contributed by atoms with Crippen molar-refractivity contribution in [1.82, 2.24) is 14.3 Å². The molecule has 1 N–H and O–H groups in total. The van der Waals surface area contributed by atoms with Gasteiger partial charge in [-0.25, -0.2) is 4.79 Å². The van der Waals surface area contributed by atoms with Crippen LogP contribution in [0.4, 0.5) is 0 Å². The van der Waals surface area contributed by atoms with E-state index < -0.39 is 11.4 Å². The van der Waals surface area contributed by atoms with Gasteiger partial charge in [-0.2, -0.15) is 5.10 Å². The van der Waals surface area contributed by atoms with E-state index in [1.54, 1.807) is 6.20 Å². The van der Waals surface area contributed by atoms with Crippen LogP contribution in [0.2, 0.25) is 0 Å². The van der Waals surface area contributed by atoms with Gasteiger partial charge in [0.2, 0.25) is 0 Å². The maximum atomic E-state index is 12.6. The van der Waals surface area contributed by atoms with Gasteiger partial charge in [0.25, 0.3) is 0 Å². The van der Waals surface area contributed by atoms with Crippen LogP contribution in [0.1, 0.15) is 44.1 Å². The topological polar surface area (TPSA) is 86.3 Å². The second kappa shape index (κ2) is 7.16. The lowest BCUT2D eigenvalue weighted by Crippen LogP contribution is -2.35. The van der Waals surface area contributed by atoms with E-state index in [0.29, 0.717) is 18.8 Å². The molecule has 1 atom stereocenters. The van der Waals surface area contributed by atoms with Gasteiger partial charge < -0.3 is 14.4 Å². The molecule has 0 radical (unpaired) electrons. The first-order valence-corrected chi connectivity index (χ1v) is 10.00. The molecule has 3 aromatic rings. The number of aromatic carboxylic acids is 1. The highest BCUT2D eigenvalue weighted by Gasteiger charge is 2.35. The average molecular weight is 407 g/mol. The number of benzene rings is 1. The third kappa shape index (κ3) is 3.20. The number of fused-ring (bicyclic) bond motifs is 3. The molecule has 1 aliphatic heterocycles. The summed E-state index contributed by atoms with van der Waals surface area (Å²) in [6.45, 7) is 9.33.